The highest BCUT2D eigenvalue weighted by Gasteiger charge is 2.45. The predicted octanol–water partition coefficient (Wildman–Crippen LogP) is 1.75. The smallest absolute Gasteiger partial charge is 0.253 e. The second-order valence-corrected chi connectivity index (χ2v) is 9.59. The largest absolute Gasteiger partial charge is 0.383 e. The molecule has 1 aliphatic rings. The summed E-state index contributed by atoms with van der Waals surface area (Å²) >= 11 is 0. The molecule has 0 aliphatic carbocycles. The van der Waals surface area contributed by atoms with Crippen LogP contribution in [0.5, 0.6) is 0 Å². The van der Waals surface area contributed by atoms with Crippen molar-refractivity contribution in [2.45, 2.75) is 23.0 Å². The Kier molecular flexibility index (Phi) is 5.61. The van der Waals surface area contributed by atoms with Crippen molar-refractivity contribution in [3.8, 4) is 0 Å². The number of benzene rings is 2. The summed E-state index contributed by atoms with van der Waals surface area (Å²) in [6.45, 7) is 0.734. The molecule has 6 nitrogen and oxygen atoms in total. The maximum atomic E-state index is 13.0. The van der Waals surface area contributed by atoms with Crippen molar-refractivity contribution in [3.63, 3.8) is 0 Å². The highest BCUT2D eigenvalue weighted by Crippen LogP contribution is 2.35. The summed E-state index contributed by atoms with van der Waals surface area (Å²) < 4.78 is 23.6. The number of nitrogens with zero attached hydrogens (tertiary/aromatic N) is 2. The van der Waals surface area contributed by atoms with E-state index in [9.17, 15) is 18.3 Å². The maximum Gasteiger partial charge on any atom is 0.253 e. The summed E-state index contributed by atoms with van der Waals surface area (Å²) in [7, 11) is 0.384. The first kappa shape index (κ1) is 20.5. The number of aliphatic hydroxyl groups is 1. The number of carbonyl (C=O) groups excluding carboxylic acids is 1. The molecule has 0 radical (unpaired) electrons. The van der Waals surface area contributed by atoms with Crippen LogP contribution in [0.15, 0.2) is 59.5 Å². The maximum absolute atomic E-state index is 13.0. The van der Waals surface area contributed by atoms with Crippen LogP contribution in [-0.2, 0) is 15.4 Å². The van der Waals surface area contributed by atoms with Gasteiger partial charge in [-0.05, 0) is 44.3 Å². The Morgan fingerprint density at radius 1 is 1.14 bits per heavy atom. The van der Waals surface area contributed by atoms with Gasteiger partial charge in [-0.25, -0.2) is 8.42 Å². The lowest BCUT2D eigenvalue weighted by Gasteiger charge is -2.47. The summed E-state index contributed by atoms with van der Waals surface area (Å²) in [4.78, 5) is 16.8. The third-order valence-corrected chi connectivity index (χ3v) is 6.51. The molecule has 150 valence electrons. The van der Waals surface area contributed by atoms with Crippen LogP contribution in [0, 0.1) is 0 Å². The molecule has 0 saturated carbocycles. The molecule has 3 rings (SSSR count). The van der Waals surface area contributed by atoms with Crippen molar-refractivity contribution in [3.05, 3.63) is 65.7 Å². The number of amides is 1. The minimum Gasteiger partial charge on any atom is -0.383 e. The van der Waals surface area contributed by atoms with Crippen LogP contribution in [0.1, 0.15) is 22.3 Å². The van der Waals surface area contributed by atoms with Crippen molar-refractivity contribution in [1.29, 1.82) is 0 Å². The average molecular weight is 403 g/mol. The summed E-state index contributed by atoms with van der Waals surface area (Å²) in [6.07, 6.45) is 1.52. The molecule has 1 saturated heterocycles. The zero-order valence-electron chi connectivity index (χ0n) is 16.4. The van der Waals surface area contributed by atoms with E-state index >= 15 is 0 Å². The lowest BCUT2D eigenvalue weighted by atomic mass is 9.79. The molecule has 0 aromatic heterocycles. The van der Waals surface area contributed by atoms with Gasteiger partial charge in [-0.3, -0.25) is 4.79 Å². The number of hydrogen-bond acceptors (Lipinski definition) is 5. The second kappa shape index (κ2) is 7.66. The second-order valence-electron chi connectivity index (χ2n) is 7.57. The van der Waals surface area contributed by atoms with Crippen molar-refractivity contribution in [2.24, 2.45) is 0 Å². The highest BCUT2D eigenvalue weighted by molar-refractivity contribution is 7.90. The van der Waals surface area contributed by atoms with Crippen LogP contribution >= 0.6 is 0 Å². The Hall–Kier alpha value is -2.22. The van der Waals surface area contributed by atoms with Gasteiger partial charge < -0.3 is 14.9 Å². The van der Waals surface area contributed by atoms with Crippen molar-refractivity contribution in [1.82, 2.24) is 9.80 Å². The van der Waals surface area contributed by atoms with Gasteiger partial charge in [0.15, 0.2) is 9.84 Å². The average Bonchev–Trinajstić information content (AvgIpc) is 2.67. The molecule has 28 heavy (non-hydrogen) atoms. The number of piperidine rings is 1. The number of likely N-dealkylation sites (N-methyl/N-ethyl adjacent to an activating group) is 1. The Labute approximate surface area is 166 Å². The summed E-state index contributed by atoms with van der Waals surface area (Å²) in [5, 5.41) is 11.4. The van der Waals surface area contributed by atoms with Gasteiger partial charge in [0, 0.05) is 24.9 Å². The van der Waals surface area contributed by atoms with Crippen LogP contribution in [-0.4, -0.2) is 68.7 Å². The molecule has 1 fully saturated rings. The van der Waals surface area contributed by atoms with Gasteiger partial charge in [0.2, 0.25) is 0 Å². The molecule has 2 aromatic carbocycles. The first-order valence-electron chi connectivity index (χ1n) is 9.16. The first-order chi connectivity index (χ1) is 13.1. The van der Waals surface area contributed by atoms with Crippen LogP contribution in [0.3, 0.4) is 0 Å². The van der Waals surface area contributed by atoms with E-state index in [4.69, 9.17) is 0 Å². The molecule has 1 heterocycles. The lowest BCUT2D eigenvalue weighted by Crippen LogP contribution is -2.60. The number of rotatable bonds is 4. The molecule has 0 spiro atoms. The number of carbonyl (C=O) groups is 1. The van der Waals surface area contributed by atoms with E-state index in [-0.39, 0.29) is 16.8 Å². The van der Waals surface area contributed by atoms with E-state index in [1.54, 1.807) is 17.0 Å². The lowest BCUT2D eigenvalue weighted by molar-refractivity contribution is -0.0810. The summed E-state index contributed by atoms with van der Waals surface area (Å²) in [6, 6.07) is 15.3. The molecule has 1 N–H and O–H groups in total. The predicted molar refractivity (Wildman–Crippen MR) is 108 cm³/mol. The van der Waals surface area contributed by atoms with Gasteiger partial charge in [0.25, 0.3) is 5.91 Å². The molecule has 0 unspecified atom stereocenters. The fourth-order valence-electron chi connectivity index (χ4n) is 3.80. The minimum absolute atomic E-state index is 0.125. The van der Waals surface area contributed by atoms with E-state index < -0.39 is 15.4 Å². The molecule has 2 aromatic rings. The Balaban J connectivity index is 1.88. The molecule has 0 bridgehead atoms. The van der Waals surface area contributed by atoms with E-state index in [0.29, 0.717) is 25.1 Å². The van der Waals surface area contributed by atoms with E-state index in [1.165, 1.54) is 12.1 Å². The molecular weight excluding hydrogens is 376 g/mol. The normalized spacial score (nSPS) is 23.0. The topological polar surface area (TPSA) is 77.9 Å². The Morgan fingerprint density at radius 2 is 1.82 bits per heavy atom. The van der Waals surface area contributed by atoms with Gasteiger partial charge >= 0.3 is 0 Å². The molecular formula is C21H26N2O4S. The van der Waals surface area contributed by atoms with Crippen LogP contribution in [0.25, 0.3) is 0 Å². The van der Waals surface area contributed by atoms with Crippen LogP contribution < -0.4 is 0 Å². The van der Waals surface area contributed by atoms with E-state index in [0.717, 1.165) is 11.8 Å². The van der Waals surface area contributed by atoms with Crippen molar-refractivity contribution in [2.75, 3.05) is 33.4 Å². The summed E-state index contributed by atoms with van der Waals surface area (Å²) in [5.41, 5.74) is 0.112. The monoisotopic (exact) mass is 402 g/mol. The number of sulfone groups is 1. The van der Waals surface area contributed by atoms with Crippen molar-refractivity contribution < 1.29 is 18.3 Å². The molecule has 1 aliphatic heterocycles. The van der Waals surface area contributed by atoms with Gasteiger partial charge in [-0.1, -0.05) is 36.4 Å². The van der Waals surface area contributed by atoms with Crippen molar-refractivity contribution >= 4 is 15.7 Å². The molecule has 7 heteroatoms. The summed E-state index contributed by atoms with van der Waals surface area (Å²) in [5.74, 6) is -0.229. The fourth-order valence-corrected chi connectivity index (χ4v) is 4.47. The van der Waals surface area contributed by atoms with Crippen LogP contribution in [0.4, 0.5) is 0 Å². The molecule has 2 atom stereocenters. The zero-order chi connectivity index (χ0) is 20.5. The third kappa shape index (κ3) is 3.97. The van der Waals surface area contributed by atoms with Gasteiger partial charge in [-0.15, -0.1) is 0 Å². The van der Waals surface area contributed by atoms with E-state index in [1.807, 2.05) is 49.3 Å². The number of likely N-dealkylation sites (tertiary alicyclic amines) is 1. The Bertz CT molecular complexity index is 959. The van der Waals surface area contributed by atoms with Gasteiger partial charge in [-0.2, -0.15) is 0 Å². The minimum atomic E-state index is -3.39. The highest BCUT2D eigenvalue weighted by atomic mass is 32.2. The third-order valence-electron chi connectivity index (χ3n) is 5.40. The van der Waals surface area contributed by atoms with Gasteiger partial charge in [0.05, 0.1) is 10.9 Å². The number of hydrogen-bond donors (Lipinski definition) is 1. The Morgan fingerprint density at radius 3 is 2.43 bits per heavy atom. The fraction of sp³-hybridized carbons (Fsp3) is 0.381. The quantitative estimate of drug-likeness (QED) is 0.843. The zero-order valence-corrected chi connectivity index (χ0v) is 17.2. The first-order valence-corrected chi connectivity index (χ1v) is 11.1. The van der Waals surface area contributed by atoms with E-state index in [2.05, 4.69) is 0 Å². The van der Waals surface area contributed by atoms with Gasteiger partial charge in [0.1, 0.15) is 5.60 Å². The van der Waals surface area contributed by atoms with Crippen LogP contribution in [0.2, 0.25) is 0 Å². The standard InChI is InChI=1S/C21H26N2O4S/c1-22(2)19-15-23(13-12-21(19,25)17-9-5-4-6-10-17)20(24)16-8-7-11-18(14-16)28(3,26)27/h4-11,14,19,25H,12-13,15H2,1-3H3/t19-,21+/m1/s1. The molecule has 1 amide bonds. The SMILES string of the molecule is CN(C)[C@@H]1CN(C(=O)c2cccc(S(C)(=O)=O)c2)CC[C@]1(O)c1ccccc1.